The van der Waals surface area contributed by atoms with Crippen molar-refractivity contribution < 1.29 is 9.59 Å². The van der Waals surface area contributed by atoms with E-state index in [0.29, 0.717) is 22.3 Å². The zero-order chi connectivity index (χ0) is 17.1. The predicted octanol–water partition coefficient (Wildman–Crippen LogP) is 2.39. The van der Waals surface area contributed by atoms with Gasteiger partial charge < -0.3 is 5.73 Å². The molecule has 0 saturated carbocycles. The Morgan fingerprint density at radius 3 is 2.79 bits per heavy atom. The van der Waals surface area contributed by atoms with Crippen molar-refractivity contribution in [2.45, 2.75) is 6.54 Å². The van der Waals surface area contributed by atoms with Crippen molar-refractivity contribution in [3.8, 4) is 0 Å². The molecule has 2 heterocycles. The summed E-state index contributed by atoms with van der Waals surface area (Å²) in [4.78, 5) is 27.4. The standard InChI is InChI=1S/C15H12ClN5O2S/c16-11-4-2-1-3-9(11)7-21-8-10(5-19-21)14(23)20-15-18-6-12(24-15)13(17)22/h1-6,8H,7H2,(H2,17,22)(H,18,20,23). The summed E-state index contributed by atoms with van der Waals surface area (Å²) in [5.41, 5.74) is 6.43. The number of hydrogen-bond donors (Lipinski definition) is 2. The van der Waals surface area contributed by atoms with Gasteiger partial charge in [-0.3, -0.25) is 19.6 Å². The fraction of sp³-hybridized carbons (Fsp3) is 0.0667. The van der Waals surface area contributed by atoms with E-state index in [2.05, 4.69) is 15.4 Å². The summed E-state index contributed by atoms with van der Waals surface area (Å²) in [6.45, 7) is 0.454. The van der Waals surface area contributed by atoms with Gasteiger partial charge in [0, 0.05) is 11.2 Å². The molecule has 3 rings (SSSR count). The maximum atomic E-state index is 12.2. The molecule has 0 bridgehead atoms. The topological polar surface area (TPSA) is 103 Å². The van der Waals surface area contributed by atoms with E-state index in [1.165, 1.54) is 12.4 Å². The summed E-state index contributed by atoms with van der Waals surface area (Å²) in [6.07, 6.45) is 4.39. The molecule has 3 N–H and O–H groups in total. The number of nitrogens with one attached hydrogen (secondary N) is 1. The van der Waals surface area contributed by atoms with Gasteiger partial charge in [0.2, 0.25) is 0 Å². The lowest BCUT2D eigenvalue weighted by molar-refractivity contribution is 0.100. The third kappa shape index (κ3) is 3.61. The van der Waals surface area contributed by atoms with E-state index in [1.54, 1.807) is 16.9 Å². The number of benzene rings is 1. The third-order valence-electron chi connectivity index (χ3n) is 3.15. The quantitative estimate of drug-likeness (QED) is 0.728. The smallest absolute Gasteiger partial charge is 0.260 e. The molecule has 0 radical (unpaired) electrons. The molecule has 0 aliphatic rings. The molecule has 0 aliphatic carbocycles. The van der Waals surface area contributed by atoms with Crippen molar-refractivity contribution in [1.29, 1.82) is 0 Å². The number of amides is 2. The first-order chi connectivity index (χ1) is 11.5. The first-order valence-corrected chi connectivity index (χ1v) is 8.05. The molecule has 0 saturated heterocycles. The molecule has 2 aromatic heterocycles. The molecule has 0 spiro atoms. The van der Waals surface area contributed by atoms with Crippen LogP contribution in [0.25, 0.3) is 0 Å². The van der Waals surface area contributed by atoms with Crippen molar-refractivity contribution in [3.05, 3.63) is 63.9 Å². The van der Waals surface area contributed by atoms with Gasteiger partial charge in [0.25, 0.3) is 11.8 Å². The second-order valence-electron chi connectivity index (χ2n) is 4.87. The molecular weight excluding hydrogens is 350 g/mol. The van der Waals surface area contributed by atoms with E-state index in [9.17, 15) is 9.59 Å². The lowest BCUT2D eigenvalue weighted by atomic mass is 10.2. The first kappa shape index (κ1) is 16.2. The highest BCUT2D eigenvalue weighted by atomic mass is 35.5. The molecular formula is C15H12ClN5O2S. The lowest BCUT2D eigenvalue weighted by Crippen LogP contribution is -2.11. The average molecular weight is 362 g/mol. The molecule has 0 aliphatic heterocycles. The summed E-state index contributed by atoms with van der Waals surface area (Å²) < 4.78 is 1.62. The van der Waals surface area contributed by atoms with Gasteiger partial charge in [0.1, 0.15) is 4.88 Å². The number of hydrogen-bond acceptors (Lipinski definition) is 5. The Balaban J connectivity index is 1.69. The fourth-order valence-electron chi connectivity index (χ4n) is 1.98. The minimum atomic E-state index is -0.583. The molecule has 0 fully saturated rings. The average Bonchev–Trinajstić information content (AvgIpc) is 3.19. The van der Waals surface area contributed by atoms with Crippen LogP contribution < -0.4 is 11.1 Å². The van der Waals surface area contributed by atoms with Crippen LogP contribution >= 0.6 is 22.9 Å². The molecule has 2 amide bonds. The first-order valence-electron chi connectivity index (χ1n) is 6.86. The van der Waals surface area contributed by atoms with Gasteiger partial charge >= 0.3 is 0 Å². The Hall–Kier alpha value is -2.71. The van der Waals surface area contributed by atoms with Crippen molar-refractivity contribution in [2.24, 2.45) is 5.73 Å². The largest absolute Gasteiger partial charge is 0.365 e. The van der Waals surface area contributed by atoms with E-state index < -0.39 is 5.91 Å². The number of primary amides is 1. The summed E-state index contributed by atoms with van der Waals surface area (Å²) >= 11 is 7.13. The van der Waals surface area contributed by atoms with E-state index in [4.69, 9.17) is 17.3 Å². The van der Waals surface area contributed by atoms with E-state index >= 15 is 0 Å². The Morgan fingerprint density at radius 1 is 1.29 bits per heavy atom. The number of nitrogens with two attached hydrogens (primary N) is 1. The lowest BCUT2D eigenvalue weighted by Gasteiger charge is -2.03. The summed E-state index contributed by atoms with van der Waals surface area (Å²) in [5.74, 6) is -0.952. The van der Waals surface area contributed by atoms with Crippen molar-refractivity contribution in [1.82, 2.24) is 14.8 Å². The maximum absolute atomic E-state index is 12.2. The zero-order valence-electron chi connectivity index (χ0n) is 12.3. The van der Waals surface area contributed by atoms with Gasteiger partial charge in [-0.1, -0.05) is 41.1 Å². The number of thiazole rings is 1. The van der Waals surface area contributed by atoms with Crippen LogP contribution in [0.2, 0.25) is 5.02 Å². The Morgan fingerprint density at radius 2 is 2.08 bits per heavy atom. The summed E-state index contributed by atoms with van der Waals surface area (Å²) in [5, 5.41) is 7.70. The second-order valence-corrected chi connectivity index (χ2v) is 6.30. The molecule has 0 atom stereocenters. The molecule has 24 heavy (non-hydrogen) atoms. The molecule has 9 heteroatoms. The van der Waals surface area contributed by atoms with E-state index in [-0.39, 0.29) is 10.8 Å². The minimum absolute atomic E-state index is 0.278. The zero-order valence-corrected chi connectivity index (χ0v) is 13.8. The minimum Gasteiger partial charge on any atom is -0.365 e. The van der Waals surface area contributed by atoms with E-state index in [1.807, 2.05) is 18.2 Å². The highest BCUT2D eigenvalue weighted by Crippen LogP contribution is 2.19. The fourth-order valence-corrected chi connectivity index (χ4v) is 2.84. The van der Waals surface area contributed by atoms with Crippen molar-refractivity contribution in [2.75, 3.05) is 5.32 Å². The molecule has 3 aromatic rings. The molecule has 0 unspecified atom stereocenters. The Bertz CT molecular complexity index is 905. The Kier molecular flexibility index (Phi) is 4.59. The van der Waals surface area contributed by atoms with Gasteiger partial charge in [-0.25, -0.2) is 4.98 Å². The molecule has 1 aromatic carbocycles. The van der Waals surface area contributed by atoms with Gasteiger partial charge in [-0.2, -0.15) is 5.10 Å². The number of halogens is 1. The van der Waals surface area contributed by atoms with Crippen LogP contribution in [0.3, 0.4) is 0 Å². The molecule has 122 valence electrons. The maximum Gasteiger partial charge on any atom is 0.260 e. The van der Waals surface area contributed by atoms with Crippen LogP contribution in [0.1, 0.15) is 25.6 Å². The van der Waals surface area contributed by atoms with Crippen LogP contribution in [-0.2, 0) is 6.54 Å². The number of carbonyl (C=O) groups is 2. The highest BCUT2D eigenvalue weighted by molar-refractivity contribution is 7.17. The van der Waals surface area contributed by atoms with Gasteiger partial charge in [-0.15, -0.1) is 0 Å². The van der Waals surface area contributed by atoms with Crippen LogP contribution in [0.5, 0.6) is 0 Å². The monoisotopic (exact) mass is 361 g/mol. The normalized spacial score (nSPS) is 10.5. The highest BCUT2D eigenvalue weighted by Gasteiger charge is 2.13. The van der Waals surface area contributed by atoms with Crippen LogP contribution in [-0.4, -0.2) is 26.6 Å². The van der Waals surface area contributed by atoms with Crippen molar-refractivity contribution in [3.63, 3.8) is 0 Å². The number of anilines is 1. The Labute approximate surface area is 146 Å². The number of nitrogens with zero attached hydrogens (tertiary/aromatic N) is 3. The third-order valence-corrected chi connectivity index (χ3v) is 4.45. The number of carbonyl (C=O) groups excluding carboxylic acids is 2. The SMILES string of the molecule is NC(=O)c1cnc(NC(=O)c2cnn(Cc3ccccc3Cl)c2)s1. The van der Waals surface area contributed by atoms with Gasteiger partial charge in [-0.05, 0) is 11.6 Å². The van der Waals surface area contributed by atoms with Gasteiger partial charge in [0.15, 0.2) is 5.13 Å². The van der Waals surface area contributed by atoms with Gasteiger partial charge in [0.05, 0.1) is 24.5 Å². The van der Waals surface area contributed by atoms with Crippen LogP contribution in [0.15, 0.2) is 42.9 Å². The molecule has 7 nitrogen and oxygen atoms in total. The number of aromatic nitrogens is 3. The number of rotatable bonds is 5. The van der Waals surface area contributed by atoms with Crippen LogP contribution in [0.4, 0.5) is 5.13 Å². The van der Waals surface area contributed by atoms with Crippen LogP contribution in [0, 0.1) is 0 Å². The summed E-state index contributed by atoms with van der Waals surface area (Å²) in [6, 6.07) is 7.43. The summed E-state index contributed by atoms with van der Waals surface area (Å²) in [7, 11) is 0. The predicted molar refractivity (Wildman–Crippen MR) is 91.4 cm³/mol. The van der Waals surface area contributed by atoms with Crippen molar-refractivity contribution >= 4 is 39.9 Å². The second kappa shape index (κ2) is 6.81. The van der Waals surface area contributed by atoms with E-state index in [0.717, 1.165) is 16.9 Å².